The summed E-state index contributed by atoms with van der Waals surface area (Å²) in [5, 5.41) is 3.02. The third kappa shape index (κ3) is 5.91. The van der Waals surface area contributed by atoms with Crippen LogP contribution in [0.2, 0.25) is 0 Å². The number of nitrogens with zero attached hydrogens (tertiary/aromatic N) is 1. The number of hydrogen-bond donors (Lipinski definition) is 1. The van der Waals surface area contributed by atoms with Gasteiger partial charge >= 0.3 is 0 Å². The van der Waals surface area contributed by atoms with Crippen molar-refractivity contribution in [3.05, 3.63) is 54.1 Å². The highest BCUT2D eigenvalue weighted by Gasteiger charge is 2.26. The first kappa shape index (κ1) is 22.9. The molecule has 1 aliphatic heterocycles. The number of benzene rings is 2. The number of rotatable bonds is 9. The van der Waals surface area contributed by atoms with Crippen LogP contribution in [0.25, 0.3) is 0 Å². The Morgan fingerprint density at radius 3 is 2.39 bits per heavy atom. The molecule has 1 amide bonds. The first-order chi connectivity index (χ1) is 14.8. The van der Waals surface area contributed by atoms with Crippen molar-refractivity contribution >= 4 is 21.6 Å². The van der Waals surface area contributed by atoms with Gasteiger partial charge in [0.15, 0.2) is 11.5 Å². The van der Waals surface area contributed by atoms with Crippen molar-refractivity contribution in [1.82, 2.24) is 5.32 Å². The molecule has 1 N–H and O–H groups in total. The lowest BCUT2D eigenvalue weighted by Gasteiger charge is -2.27. The Bertz CT molecular complexity index is 992. The van der Waals surface area contributed by atoms with Gasteiger partial charge in [0.25, 0.3) is 0 Å². The summed E-state index contributed by atoms with van der Waals surface area (Å²) in [5.74, 6) is 0.917. The molecule has 0 aliphatic carbocycles. The van der Waals surface area contributed by atoms with Crippen molar-refractivity contribution < 1.29 is 22.7 Å². The van der Waals surface area contributed by atoms with Gasteiger partial charge in [0, 0.05) is 6.07 Å². The van der Waals surface area contributed by atoms with E-state index in [1.807, 2.05) is 30.3 Å². The predicted molar refractivity (Wildman–Crippen MR) is 121 cm³/mol. The summed E-state index contributed by atoms with van der Waals surface area (Å²) in [6, 6.07) is 14.4. The zero-order valence-corrected chi connectivity index (χ0v) is 19.0. The molecule has 2 aromatic rings. The van der Waals surface area contributed by atoms with Crippen LogP contribution in [0.5, 0.6) is 11.5 Å². The van der Waals surface area contributed by atoms with E-state index >= 15 is 0 Å². The van der Waals surface area contributed by atoms with E-state index in [0.717, 1.165) is 16.3 Å². The van der Waals surface area contributed by atoms with Gasteiger partial charge in [-0.25, -0.2) is 8.42 Å². The molecule has 0 bridgehead atoms. The summed E-state index contributed by atoms with van der Waals surface area (Å²) in [5.41, 5.74) is 1.37. The van der Waals surface area contributed by atoms with Crippen molar-refractivity contribution in [2.45, 2.75) is 33.2 Å². The van der Waals surface area contributed by atoms with Crippen LogP contribution in [0.15, 0.2) is 48.5 Å². The molecule has 168 valence electrons. The number of hydrogen-bond acceptors (Lipinski definition) is 5. The molecule has 8 heteroatoms. The van der Waals surface area contributed by atoms with Crippen molar-refractivity contribution in [3.8, 4) is 11.5 Å². The number of anilines is 1. The van der Waals surface area contributed by atoms with Gasteiger partial charge in [0.2, 0.25) is 15.9 Å². The molecule has 0 saturated carbocycles. The summed E-state index contributed by atoms with van der Waals surface area (Å²) >= 11 is 0. The van der Waals surface area contributed by atoms with E-state index < -0.39 is 10.0 Å². The van der Waals surface area contributed by atoms with E-state index in [9.17, 15) is 13.2 Å². The van der Waals surface area contributed by atoms with Gasteiger partial charge in [-0.3, -0.25) is 9.10 Å². The first-order valence-electron chi connectivity index (χ1n) is 10.5. The van der Waals surface area contributed by atoms with E-state index in [1.165, 1.54) is 0 Å². The van der Waals surface area contributed by atoms with Gasteiger partial charge in [0.1, 0.15) is 19.8 Å². The Labute approximate surface area is 184 Å². The average molecular weight is 447 g/mol. The number of fused-ring (bicyclic) bond motifs is 1. The molecule has 2 aromatic carbocycles. The number of carbonyl (C=O) groups excluding carboxylic acids is 1. The summed E-state index contributed by atoms with van der Waals surface area (Å²) in [6.45, 7) is 6.27. The van der Waals surface area contributed by atoms with E-state index in [1.54, 1.807) is 25.1 Å². The van der Waals surface area contributed by atoms with E-state index in [-0.39, 0.29) is 24.2 Å². The largest absolute Gasteiger partial charge is 0.486 e. The van der Waals surface area contributed by atoms with Gasteiger partial charge in [-0.1, -0.05) is 44.2 Å². The summed E-state index contributed by atoms with van der Waals surface area (Å²) in [7, 11) is -3.68. The van der Waals surface area contributed by atoms with Crippen LogP contribution in [0.4, 0.5) is 5.69 Å². The first-order valence-corrected chi connectivity index (χ1v) is 12.2. The maximum absolute atomic E-state index is 13.0. The second-order valence-electron chi connectivity index (χ2n) is 7.90. The molecule has 0 fully saturated rings. The third-order valence-corrected chi connectivity index (χ3v) is 6.79. The Balaban J connectivity index is 1.83. The number of ether oxygens (including phenoxy) is 2. The van der Waals surface area contributed by atoms with Crippen molar-refractivity contribution in [2.75, 3.05) is 29.8 Å². The lowest BCUT2D eigenvalue weighted by Crippen LogP contribution is -2.42. The highest BCUT2D eigenvalue weighted by molar-refractivity contribution is 7.92. The maximum atomic E-state index is 13.0. The molecule has 1 atom stereocenters. The number of sulfonamides is 1. The zero-order valence-electron chi connectivity index (χ0n) is 18.2. The number of carbonyl (C=O) groups is 1. The molecular formula is C23H30N2O5S. The lowest BCUT2D eigenvalue weighted by atomic mass is 9.97. The molecule has 0 saturated heterocycles. The SMILES string of the molecule is CCS(=O)(=O)N(CC(=O)N[C@H](CC(C)C)c1ccccc1)c1ccc2c(c1)OCCO2. The summed E-state index contributed by atoms with van der Waals surface area (Å²) in [6.07, 6.45) is 0.750. The second kappa shape index (κ2) is 10.0. The Morgan fingerprint density at radius 1 is 1.06 bits per heavy atom. The minimum absolute atomic E-state index is 0.122. The molecular weight excluding hydrogens is 416 g/mol. The van der Waals surface area contributed by atoms with Gasteiger partial charge < -0.3 is 14.8 Å². The molecule has 0 spiro atoms. The highest BCUT2D eigenvalue weighted by atomic mass is 32.2. The highest BCUT2D eigenvalue weighted by Crippen LogP contribution is 2.35. The van der Waals surface area contributed by atoms with Crippen LogP contribution >= 0.6 is 0 Å². The quantitative estimate of drug-likeness (QED) is 0.637. The molecule has 1 heterocycles. The number of nitrogens with one attached hydrogen (secondary N) is 1. The van der Waals surface area contributed by atoms with Crippen molar-refractivity contribution in [3.63, 3.8) is 0 Å². The topological polar surface area (TPSA) is 84.9 Å². The minimum Gasteiger partial charge on any atom is -0.486 e. The Kier molecular flexibility index (Phi) is 7.43. The molecule has 0 unspecified atom stereocenters. The van der Waals surface area contributed by atoms with Crippen LogP contribution in [0.1, 0.15) is 38.8 Å². The molecule has 31 heavy (non-hydrogen) atoms. The molecule has 0 aromatic heterocycles. The Morgan fingerprint density at radius 2 is 1.74 bits per heavy atom. The van der Waals surface area contributed by atoms with Crippen LogP contribution in [-0.2, 0) is 14.8 Å². The van der Waals surface area contributed by atoms with Crippen molar-refractivity contribution in [1.29, 1.82) is 0 Å². The van der Waals surface area contributed by atoms with E-state index in [0.29, 0.717) is 36.3 Å². The average Bonchev–Trinajstić information content (AvgIpc) is 2.77. The smallest absolute Gasteiger partial charge is 0.241 e. The lowest BCUT2D eigenvalue weighted by molar-refractivity contribution is -0.120. The zero-order chi connectivity index (χ0) is 22.4. The monoisotopic (exact) mass is 446 g/mol. The maximum Gasteiger partial charge on any atom is 0.241 e. The van der Waals surface area contributed by atoms with Gasteiger partial charge in [-0.2, -0.15) is 0 Å². The van der Waals surface area contributed by atoms with Gasteiger partial charge in [0.05, 0.1) is 17.5 Å². The van der Waals surface area contributed by atoms with Crippen LogP contribution in [0.3, 0.4) is 0 Å². The minimum atomic E-state index is -3.68. The summed E-state index contributed by atoms with van der Waals surface area (Å²) < 4.78 is 37.9. The molecule has 1 aliphatic rings. The van der Waals surface area contributed by atoms with E-state index in [2.05, 4.69) is 19.2 Å². The second-order valence-corrected chi connectivity index (χ2v) is 10.1. The normalized spacial score (nSPS) is 14.2. The van der Waals surface area contributed by atoms with Crippen LogP contribution in [-0.4, -0.2) is 39.8 Å². The van der Waals surface area contributed by atoms with Gasteiger partial charge in [-0.15, -0.1) is 0 Å². The fourth-order valence-electron chi connectivity index (χ4n) is 3.50. The molecule has 0 radical (unpaired) electrons. The standard InChI is InChI=1S/C23H30N2O5S/c1-4-31(27,28)25(19-10-11-21-22(15-19)30-13-12-29-21)16-23(26)24-20(14-17(2)3)18-8-6-5-7-9-18/h5-11,15,17,20H,4,12-14,16H2,1-3H3,(H,24,26)/t20-/m1/s1. The fourth-order valence-corrected chi connectivity index (χ4v) is 4.56. The Hall–Kier alpha value is -2.74. The van der Waals surface area contributed by atoms with Crippen LogP contribution in [0, 0.1) is 5.92 Å². The van der Waals surface area contributed by atoms with E-state index in [4.69, 9.17) is 9.47 Å². The van der Waals surface area contributed by atoms with Gasteiger partial charge in [-0.05, 0) is 37.0 Å². The molecule has 7 nitrogen and oxygen atoms in total. The fraction of sp³-hybridized carbons (Fsp3) is 0.435. The third-order valence-electron chi connectivity index (χ3n) is 5.05. The predicted octanol–water partition coefficient (Wildman–Crippen LogP) is 3.52. The number of amides is 1. The molecule has 3 rings (SSSR count). The van der Waals surface area contributed by atoms with Crippen molar-refractivity contribution in [2.24, 2.45) is 5.92 Å². The summed E-state index contributed by atoms with van der Waals surface area (Å²) in [4.78, 5) is 13.0. The van der Waals surface area contributed by atoms with Crippen LogP contribution < -0.4 is 19.1 Å².